The summed E-state index contributed by atoms with van der Waals surface area (Å²) in [5.74, 6) is 3.14. The van der Waals surface area contributed by atoms with E-state index in [1.807, 2.05) is 194 Å². The Bertz CT molecular complexity index is 8780. The van der Waals surface area contributed by atoms with Gasteiger partial charge in [0.15, 0.2) is 6.29 Å². The molecule has 33 nitrogen and oxygen atoms in total. The van der Waals surface area contributed by atoms with Crippen LogP contribution in [-0.2, 0) is 54.4 Å². The zero-order valence-corrected chi connectivity index (χ0v) is 78.4. The molecule has 1 amide bonds. The van der Waals surface area contributed by atoms with Crippen molar-refractivity contribution >= 4 is 106 Å². The van der Waals surface area contributed by atoms with Crippen molar-refractivity contribution in [1.82, 2.24) is 122 Å². The predicted octanol–water partition coefficient (Wildman–Crippen LogP) is 17.2. The SMILES string of the molecule is C.CNC(=O)c1cn(CC2CC2)c2c(-c3ccc(C4CC4)nc3)c(=O)n(-c3ccc4nn(C)cc4c3)nc12.Cn1cc2cc(-n3nc4c(C(=O)O)cn(CC5CC5)c4c(-c4ccc(C5CC5)nc4)c3=O)ccc2n1.Cn1cc2cc(-n3nc4c(C=O)cn(CC5CC5)c4c(-c4ccc(C5CC5)nc4)c3=O)ccc2n1.Cn1cc2cc(-n3nc4ccn(CC5CC5)c4c(-c4ccc(C5CC5)nc4)c3=O)ccc2n1. The number of hydrogen-bond donors (Lipinski definition) is 2. The smallest absolute Gasteiger partial charge is 0.339 e. The lowest BCUT2D eigenvalue weighted by Gasteiger charge is -2.13. The van der Waals surface area contributed by atoms with Gasteiger partial charge < -0.3 is 28.7 Å². The number of nitrogens with one attached hydrogen (secondary N) is 1. The summed E-state index contributed by atoms with van der Waals surface area (Å²) in [6.07, 6.45) is 41.8. The molecular weight excluding hydrogens is 1790 g/mol. The van der Waals surface area contributed by atoms with Gasteiger partial charge in [-0.3, -0.25) is 67.4 Å². The van der Waals surface area contributed by atoms with E-state index < -0.39 is 5.97 Å². The van der Waals surface area contributed by atoms with E-state index >= 15 is 0 Å². The molecule has 2 N–H and O–H groups in total. The van der Waals surface area contributed by atoms with Crippen LogP contribution in [0, 0.1) is 23.7 Å². The molecule has 20 aromatic rings. The average molecular weight is 1890 g/mol. The Morgan fingerprint density at radius 1 is 0.345 bits per heavy atom. The lowest BCUT2D eigenvalue weighted by molar-refractivity contribution is 0.0697. The van der Waals surface area contributed by atoms with Crippen molar-refractivity contribution in [3.05, 3.63) is 283 Å². The number of hydrogen-bond acceptors (Lipinski definition) is 19. The quantitative estimate of drug-likeness (QED) is 0.0562. The highest BCUT2D eigenvalue weighted by atomic mass is 16.4. The number of aldehydes is 1. The number of amides is 1. The molecule has 8 saturated carbocycles. The van der Waals surface area contributed by atoms with Gasteiger partial charge >= 0.3 is 5.97 Å². The molecule has 0 unspecified atom stereocenters. The molecule has 0 saturated heterocycles. The van der Waals surface area contributed by atoms with Crippen LogP contribution in [0.5, 0.6) is 0 Å². The summed E-state index contributed by atoms with van der Waals surface area (Å²) in [4.78, 5) is 112. The topological polar surface area (TPSA) is 366 Å². The molecule has 16 heterocycles. The fourth-order valence-electron chi connectivity index (χ4n) is 19.9. The Kier molecular flexibility index (Phi) is 21.7. The summed E-state index contributed by atoms with van der Waals surface area (Å²) in [5.41, 5.74) is 20.5. The van der Waals surface area contributed by atoms with Gasteiger partial charge in [0.1, 0.15) is 27.6 Å². The number of benzene rings is 4. The van der Waals surface area contributed by atoms with Crippen LogP contribution >= 0.6 is 0 Å². The maximum Gasteiger partial charge on any atom is 0.339 e. The highest BCUT2D eigenvalue weighted by Crippen LogP contribution is 2.46. The minimum absolute atomic E-state index is 0. The fourth-order valence-corrected chi connectivity index (χ4v) is 19.9. The Morgan fingerprint density at radius 3 is 0.958 bits per heavy atom. The van der Waals surface area contributed by atoms with Gasteiger partial charge in [0, 0.05) is 226 Å². The lowest BCUT2D eigenvalue weighted by Crippen LogP contribution is -2.25. The van der Waals surface area contributed by atoms with Gasteiger partial charge in [-0.2, -0.15) is 59.5 Å². The summed E-state index contributed by atoms with van der Waals surface area (Å²) in [7, 11) is 9.08. The van der Waals surface area contributed by atoms with E-state index in [-0.39, 0.29) is 41.1 Å². The zero-order chi connectivity index (χ0) is 95.6. The second-order valence-electron chi connectivity index (χ2n) is 39.7. The Morgan fingerprint density at radius 2 is 0.648 bits per heavy atom. The number of carbonyl (C=O) groups is 3. The van der Waals surface area contributed by atoms with Gasteiger partial charge in [-0.15, -0.1) is 0 Å². The number of aryl methyl sites for hydroxylation is 4. The van der Waals surface area contributed by atoms with Crippen molar-refractivity contribution in [2.24, 2.45) is 51.9 Å². The third kappa shape index (κ3) is 16.8. The lowest BCUT2D eigenvalue weighted by atomic mass is 10.1. The summed E-state index contributed by atoms with van der Waals surface area (Å²) in [5, 5.41) is 53.1. The van der Waals surface area contributed by atoms with E-state index in [0.717, 1.165) is 177 Å². The molecule has 28 rings (SSSR count). The molecule has 142 heavy (non-hydrogen) atoms. The van der Waals surface area contributed by atoms with Gasteiger partial charge in [0.05, 0.1) is 100 Å². The number of aromatic nitrogens is 24. The first-order chi connectivity index (χ1) is 68.7. The molecule has 0 spiro atoms. The second kappa shape index (κ2) is 34.9. The number of carbonyl (C=O) groups excluding carboxylic acids is 2. The van der Waals surface area contributed by atoms with Crippen molar-refractivity contribution in [3.8, 4) is 67.3 Å². The van der Waals surface area contributed by atoms with E-state index in [9.17, 15) is 38.7 Å². The van der Waals surface area contributed by atoms with Gasteiger partial charge in [-0.1, -0.05) is 31.7 Å². The van der Waals surface area contributed by atoms with E-state index in [4.69, 9.17) is 25.3 Å². The molecular formula is C109H103N25O8. The highest BCUT2D eigenvalue weighted by molar-refractivity contribution is 6.09. The molecule has 4 aromatic carbocycles. The molecule has 8 aliphatic rings. The third-order valence-electron chi connectivity index (χ3n) is 28.6. The van der Waals surface area contributed by atoms with Crippen LogP contribution in [0.4, 0.5) is 0 Å². The molecule has 0 bridgehead atoms. The molecule has 8 aliphatic carbocycles. The molecule has 0 radical (unpaired) electrons. The molecule has 0 aliphatic heterocycles. The predicted molar refractivity (Wildman–Crippen MR) is 543 cm³/mol. The van der Waals surface area contributed by atoms with Crippen LogP contribution in [0.1, 0.15) is 188 Å². The number of aromatic carboxylic acids is 1. The van der Waals surface area contributed by atoms with E-state index in [1.54, 1.807) is 56.6 Å². The standard InChI is InChI=1S/C28H27N7O2.C27H24N6O3.C27H24N6O2.C26H24N6O.CH4/c1-29-27(36)21-15-34(13-16-3-4-16)26-24(18-7-9-22(30-12-18)17-5-6-17)28(37)35(32-25(21)26)20-8-10-23-19(11-20)14-33(2)31-23;1-31-13-18-10-19(7-9-22(18)29-31)33-26(34)23(17-6-8-21(28-11-17)16-4-5-16)25-24(30-33)20(27(35)36)14-32(25)12-15-2-3-15;1-31-13-19-10-21(7-9-23(19)29-31)33-27(35)24(18-6-8-22(28-11-18)17-4-5-17)26-25(30-33)20(15-34)14-32(26)12-16-2-3-16;1-30-15-19-12-20(7-9-22(19)28-30)32-26(33)24(18-6-8-21(27-13-18)17-4-5-17)25-23(29-32)10-11-31(25)14-16-2-3-16;/h7-12,14-17H,3-6,13H2,1-2H3,(H,29,36);6-11,13-16H,2-5,12H2,1H3,(H,35,36);6-11,13-17H,2-5,12H2,1H3;6-13,15-17H,2-5,14H2,1H3;1H4. The van der Waals surface area contributed by atoms with Crippen LogP contribution in [0.15, 0.2) is 221 Å². The summed E-state index contributed by atoms with van der Waals surface area (Å²) >= 11 is 0. The number of pyridine rings is 4. The maximum atomic E-state index is 14.2. The van der Waals surface area contributed by atoms with Crippen LogP contribution in [0.25, 0.3) is 155 Å². The monoisotopic (exact) mass is 1890 g/mol. The Labute approximate surface area is 811 Å². The number of nitrogens with zero attached hydrogens (tertiary/aromatic N) is 24. The van der Waals surface area contributed by atoms with Crippen molar-refractivity contribution in [3.63, 3.8) is 0 Å². The Balaban J connectivity index is 0.000000102. The van der Waals surface area contributed by atoms with Crippen molar-refractivity contribution in [2.45, 2.75) is 160 Å². The highest BCUT2D eigenvalue weighted by Gasteiger charge is 2.36. The van der Waals surface area contributed by atoms with Gasteiger partial charge in [-0.05, 0) is 230 Å². The average Bonchev–Trinajstić information content (AvgIpc) is 1.52. The van der Waals surface area contributed by atoms with Crippen LogP contribution in [0.3, 0.4) is 0 Å². The van der Waals surface area contributed by atoms with Crippen LogP contribution < -0.4 is 27.6 Å². The molecule has 8 fully saturated rings. The number of fused-ring (bicyclic) bond motifs is 8. The second-order valence-corrected chi connectivity index (χ2v) is 39.7. The first-order valence-corrected chi connectivity index (χ1v) is 48.8. The van der Waals surface area contributed by atoms with Gasteiger partial charge in [-0.25, -0.2) is 4.79 Å². The minimum Gasteiger partial charge on any atom is -0.478 e. The zero-order valence-electron chi connectivity index (χ0n) is 78.4. The van der Waals surface area contributed by atoms with E-state index in [0.29, 0.717) is 143 Å². The summed E-state index contributed by atoms with van der Waals surface area (Å²) in [6.45, 7) is 3.12. The van der Waals surface area contributed by atoms with Crippen molar-refractivity contribution in [2.75, 3.05) is 7.05 Å². The normalized spacial score (nSPS) is 15.7. The Hall–Kier alpha value is -16.4. The number of rotatable bonds is 23. The minimum atomic E-state index is -1.07. The van der Waals surface area contributed by atoms with E-state index in [1.165, 1.54) is 70.1 Å². The summed E-state index contributed by atoms with van der Waals surface area (Å²) in [6, 6.07) is 40.7. The fraction of sp³-hybridized carbons (Fsp3) is 0.312. The van der Waals surface area contributed by atoms with Crippen molar-refractivity contribution in [1.29, 1.82) is 0 Å². The first kappa shape index (κ1) is 88.4. The van der Waals surface area contributed by atoms with Gasteiger partial charge in [0.25, 0.3) is 28.1 Å². The van der Waals surface area contributed by atoms with Crippen molar-refractivity contribution < 1.29 is 19.5 Å². The first-order valence-electron chi connectivity index (χ1n) is 48.8. The molecule has 16 aromatic heterocycles. The molecule has 33 heteroatoms. The molecule has 712 valence electrons. The van der Waals surface area contributed by atoms with Gasteiger partial charge in [0.2, 0.25) is 0 Å². The third-order valence-corrected chi connectivity index (χ3v) is 28.6. The number of carboxylic acid groups (broad SMARTS) is 1. The summed E-state index contributed by atoms with van der Waals surface area (Å²) < 4.78 is 20.9. The van der Waals surface area contributed by atoms with Crippen LogP contribution in [0.2, 0.25) is 0 Å². The molecule has 0 atom stereocenters. The number of carboxylic acids is 1. The van der Waals surface area contributed by atoms with Crippen LogP contribution in [-0.4, -0.2) is 147 Å². The largest absolute Gasteiger partial charge is 0.478 e. The van der Waals surface area contributed by atoms with E-state index in [2.05, 4.69) is 63.7 Å². The maximum absolute atomic E-state index is 14.2.